The van der Waals surface area contributed by atoms with Crippen LogP contribution in [-0.4, -0.2) is 38.6 Å². The molecule has 0 heterocycles. The zero-order valence-corrected chi connectivity index (χ0v) is 13.3. The molecule has 1 aromatic rings. The summed E-state index contributed by atoms with van der Waals surface area (Å²) < 4.78 is 25.2. The number of carbonyl (C=O) groups is 1. The van der Waals surface area contributed by atoms with Gasteiger partial charge in [-0.2, -0.15) is 0 Å². The number of hydrogen-bond donors (Lipinski definition) is 1. The summed E-state index contributed by atoms with van der Waals surface area (Å²) in [5, 5.41) is 0. The Hall–Kier alpha value is -1.56. The minimum absolute atomic E-state index is 0.131. The van der Waals surface area contributed by atoms with Crippen LogP contribution in [0, 0.1) is 0 Å². The molecule has 0 unspecified atom stereocenters. The fourth-order valence-corrected chi connectivity index (χ4v) is 3.36. The molecule has 1 aliphatic carbocycles. The predicted octanol–water partition coefficient (Wildman–Crippen LogP) is 2.46. The van der Waals surface area contributed by atoms with Crippen LogP contribution in [0.3, 0.4) is 0 Å². The number of nitrogens with one attached hydrogen (secondary N) is 1. The summed E-state index contributed by atoms with van der Waals surface area (Å²) in [6, 6.07) is 6.98. The Bertz CT molecular complexity index is 607. The van der Waals surface area contributed by atoms with E-state index in [1.165, 1.54) is 6.42 Å². The summed E-state index contributed by atoms with van der Waals surface area (Å²) in [4.78, 5) is 14.4. The number of rotatable bonds is 4. The zero-order valence-electron chi connectivity index (χ0n) is 12.5. The van der Waals surface area contributed by atoms with Crippen molar-refractivity contribution in [3.8, 4) is 0 Å². The Labute approximate surface area is 126 Å². The van der Waals surface area contributed by atoms with Crippen LogP contribution in [0.25, 0.3) is 0 Å². The number of anilines is 1. The minimum atomic E-state index is -3.40. The molecule has 1 N–H and O–H groups in total. The van der Waals surface area contributed by atoms with Crippen molar-refractivity contribution in [2.45, 2.75) is 38.1 Å². The topological polar surface area (TPSA) is 66.5 Å². The molecule has 0 aliphatic heterocycles. The third-order valence-electron chi connectivity index (χ3n) is 3.90. The Balaban J connectivity index is 2.22. The van der Waals surface area contributed by atoms with Crippen LogP contribution in [0.1, 0.15) is 42.5 Å². The van der Waals surface area contributed by atoms with Crippen molar-refractivity contribution in [2.24, 2.45) is 0 Å². The summed E-state index contributed by atoms with van der Waals surface area (Å²) in [5.41, 5.74) is 0.739. The Kier molecular flexibility index (Phi) is 4.88. The lowest BCUT2D eigenvalue weighted by molar-refractivity contribution is 0.0697. The normalized spacial score (nSPS) is 16.5. The highest BCUT2D eigenvalue weighted by atomic mass is 32.2. The van der Waals surface area contributed by atoms with Gasteiger partial charge in [-0.05, 0) is 25.0 Å². The number of hydrogen-bond acceptors (Lipinski definition) is 3. The molecule has 1 saturated carbocycles. The summed E-state index contributed by atoms with van der Waals surface area (Å²) >= 11 is 0. The summed E-state index contributed by atoms with van der Waals surface area (Å²) in [6.07, 6.45) is 6.63. The maximum atomic E-state index is 12.6. The SMILES string of the molecule is CN(C(=O)c1ccccc1NS(C)(=O)=O)C1CCCCC1. The van der Waals surface area contributed by atoms with E-state index >= 15 is 0 Å². The van der Waals surface area contributed by atoms with Crippen LogP contribution >= 0.6 is 0 Å². The van der Waals surface area contributed by atoms with Gasteiger partial charge in [0.2, 0.25) is 10.0 Å². The molecule has 0 spiro atoms. The van der Waals surface area contributed by atoms with E-state index in [0.29, 0.717) is 11.3 Å². The first-order valence-corrected chi connectivity index (χ1v) is 9.11. The van der Waals surface area contributed by atoms with Crippen LogP contribution in [0.4, 0.5) is 5.69 Å². The van der Waals surface area contributed by atoms with Gasteiger partial charge in [0.25, 0.3) is 5.91 Å². The van der Waals surface area contributed by atoms with Gasteiger partial charge in [0.05, 0.1) is 17.5 Å². The summed E-state index contributed by atoms with van der Waals surface area (Å²) in [7, 11) is -1.60. The van der Waals surface area contributed by atoms with Gasteiger partial charge in [-0.3, -0.25) is 9.52 Å². The fourth-order valence-electron chi connectivity index (χ4n) is 2.78. The highest BCUT2D eigenvalue weighted by Crippen LogP contribution is 2.25. The van der Waals surface area contributed by atoms with Crippen LogP contribution in [0.5, 0.6) is 0 Å². The third-order valence-corrected chi connectivity index (χ3v) is 4.49. The van der Waals surface area contributed by atoms with E-state index in [1.807, 2.05) is 0 Å². The number of para-hydroxylation sites is 1. The molecule has 21 heavy (non-hydrogen) atoms. The Morgan fingerprint density at radius 3 is 2.43 bits per heavy atom. The predicted molar refractivity (Wildman–Crippen MR) is 83.9 cm³/mol. The van der Waals surface area contributed by atoms with Gasteiger partial charge >= 0.3 is 0 Å². The van der Waals surface area contributed by atoms with Crippen LogP contribution < -0.4 is 4.72 Å². The monoisotopic (exact) mass is 310 g/mol. The molecular weight excluding hydrogens is 288 g/mol. The molecule has 0 atom stereocenters. The van der Waals surface area contributed by atoms with Crippen molar-refractivity contribution < 1.29 is 13.2 Å². The van der Waals surface area contributed by atoms with Crippen molar-refractivity contribution in [3.63, 3.8) is 0 Å². The van der Waals surface area contributed by atoms with Crippen molar-refractivity contribution in [2.75, 3.05) is 18.0 Å². The van der Waals surface area contributed by atoms with Crippen molar-refractivity contribution >= 4 is 21.6 Å². The zero-order chi connectivity index (χ0) is 15.5. The highest BCUT2D eigenvalue weighted by Gasteiger charge is 2.24. The van der Waals surface area contributed by atoms with Gasteiger partial charge < -0.3 is 4.90 Å². The van der Waals surface area contributed by atoms with Gasteiger partial charge in [-0.25, -0.2) is 8.42 Å². The molecule has 0 bridgehead atoms. The first-order chi connectivity index (χ1) is 9.88. The number of carbonyl (C=O) groups excluding carboxylic acids is 1. The summed E-state index contributed by atoms with van der Waals surface area (Å²) in [5.74, 6) is -0.131. The second-order valence-corrected chi connectivity index (χ2v) is 7.38. The van der Waals surface area contributed by atoms with Gasteiger partial charge in [-0.15, -0.1) is 0 Å². The molecule has 0 radical (unpaired) electrons. The second kappa shape index (κ2) is 6.47. The third kappa shape index (κ3) is 4.20. The van der Waals surface area contributed by atoms with E-state index < -0.39 is 10.0 Å². The maximum Gasteiger partial charge on any atom is 0.255 e. The maximum absolute atomic E-state index is 12.6. The summed E-state index contributed by atoms with van der Waals surface area (Å²) in [6.45, 7) is 0. The van der Waals surface area contributed by atoms with Gasteiger partial charge in [0.1, 0.15) is 0 Å². The van der Waals surface area contributed by atoms with Crippen LogP contribution in [-0.2, 0) is 10.0 Å². The van der Waals surface area contributed by atoms with E-state index in [2.05, 4.69) is 4.72 Å². The number of nitrogens with zero attached hydrogens (tertiary/aromatic N) is 1. The first-order valence-electron chi connectivity index (χ1n) is 7.22. The van der Waals surface area contributed by atoms with E-state index in [4.69, 9.17) is 0 Å². The highest BCUT2D eigenvalue weighted by molar-refractivity contribution is 7.92. The van der Waals surface area contributed by atoms with E-state index in [9.17, 15) is 13.2 Å². The fraction of sp³-hybridized carbons (Fsp3) is 0.533. The lowest BCUT2D eigenvalue weighted by Gasteiger charge is -2.31. The Morgan fingerprint density at radius 1 is 1.19 bits per heavy atom. The lowest BCUT2D eigenvalue weighted by atomic mass is 9.94. The standard InChI is InChI=1S/C15H22N2O3S/c1-17(12-8-4-3-5-9-12)15(18)13-10-6-7-11-14(13)16-21(2,19)20/h6-7,10-12,16H,3-5,8-9H2,1-2H3. The van der Waals surface area contributed by atoms with E-state index in [-0.39, 0.29) is 11.9 Å². The lowest BCUT2D eigenvalue weighted by Crippen LogP contribution is -2.38. The molecule has 1 fully saturated rings. The Morgan fingerprint density at radius 2 is 1.81 bits per heavy atom. The average Bonchev–Trinajstić information content (AvgIpc) is 2.45. The molecule has 1 amide bonds. The van der Waals surface area contributed by atoms with E-state index in [0.717, 1.165) is 31.9 Å². The van der Waals surface area contributed by atoms with Gasteiger partial charge in [-0.1, -0.05) is 31.4 Å². The van der Waals surface area contributed by atoms with Crippen molar-refractivity contribution in [1.29, 1.82) is 0 Å². The molecular formula is C15H22N2O3S. The molecule has 2 rings (SSSR count). The molecule has 1 aliphatic rings. The van der Waals surface area contributed by atoms with Crippen LogP contribution in [0.15, 0.2) is 24.3 Å². The molecule has 5 nitrogen and oxygen atoms in total. The largest absolute Gasteiger partial charge is 0.339 e. The minimum Gasteiger partial charge on any atom is -0.339 e. The smallest absolute Gasteiger partial charge is 0.255 e. The quantitative estimate of drug-likeness (QED) is 0.929. The van der Waals surface area contributed by atoms with Crippen LogP contribution in [0.2, 0.25) is 0 Å². The molecule has 0 aromatic heterocycles. The number of amides is 1. The first kappa shape index (κ1) is 15.8. The molecule has 6 heteroatoms. The average molecular weight is 310 g/mol. The second-order valence-electron chi connectivity index (χ2n) is 5.63. The molecule has 0 saturated heterocycles. The van der Waals surface area contributed by atoms with Crippen molar-refractivity contribution in [3.05, 3.63) is 29.8 Å². The van der Waals surface area contributed by atoms with E-state index in [1.54, 1.807) is 36.2 Å². The molecule has 1 aromatic carbocycles. The van der Waals surface area contributed by atoms with Gasteiger partial charge in [0, 0.05) is 13.1 Å². The van der Waals surface area contributed by atoms with Crippen molar-refractivity contribution in [1.82, 2.24) is 4.90 Å². The number of sulfonamides is 1. The molecule has 116 valence electrons. The van der Waals surface area contributed by atoms with Gasteiger partial charge in [0.15, 0.2) is 0 Å². The number of benzene rings is 1.